The Kier molecular flexibility index (Phi) is 5.17. The van der Waals surface area contributed by atoms with Crippen molar-refractivity contribution in [3.8, 4) is 11.4 Å². The van der Waals surface area contributed by atoms with Gasteiger partial charge in [0.2, 0.25) is 17.6 Å². The van der Waals surface area contributed by atoms with E-state index in [4.69, 9.17) is 4.52 Å². The van der Waals surface area contributed by atoms with Gasteiger partial charge in [-0.1, -0.05) is 12.1 Å². The lowest BCUT2D eigenvalue weighted by Crippen LogP contribution is -2.56. The minimum atomic E-state index is -1.14. The van der Waals surface area contributed by atoms with E-state index in [2.05, 4.69) is 22.4 Å². The molecule has 0 bridgehead atoms. The molecular formula is C17H21N3O4S. The third-order valence-corrected chi connectivity index (χ3v) is 5.41. The quantitative estimate of drug-likeness (QED) is 0.817. The predicted molar refractivity (Wildman–Crippen MR) is 92.1 cm³/mol. The molecule has 0 saturated heterocycles. The Hall–Kier alpha value is -2.22. The number of carboxylic acid groups (broad SMARTS) is 1. The fourth-order valence-electron chi connectivity index (χ4n) is 3.06. The second-order valence-electron chi connectivity index (χ2n) is 6.64. The molecule has 1 aliphatic carbocycles. The molecule has 8 heteroatoms. The van der Waals surface area contributed by atoms with E-state index >= 15 is 0 Å². The minimum Gasteiger partial charge on any atom is -0.480 e. The molecule has 1 amide bonds. The summed E-state index contributed by atoms with van der Waals surface area (Å²) in [5, 5.41) is 20.0. The van der Waals surface area contributed by atoms with Crippen molar-refractivity contribution in [1.29, 1.82) is 0 Å². The molecule has 2 heterocycles. The highest BCUT2D eigenvalue weighted by Crippen LogP contribution is 2.32. The number of hydrogen-bond acceptors (Lipinski definition) is 6. The molecule has 0 radical (unpaired) electrons. The first-order valence-electron chi connectivity index (χ1n) is 8.38. The van der Waals surface area contributed by atoms with E-state index in [1.54, 1.807) is 11.3 Å². The number of nitrogens with one attached hydrogen (secondary N) is 1. The Morgan fingerprint density at radius 1 is 1.44 bits per heavy atom. The highest BCUT2D eigenvalue weighted by atomic mass is 32.1. The van der Waals surface area contributed by atoms with Gasteiger partial charge in [-0.05, 0) is 43.0 Å². The van der Waals surface area contributed by atoms with Crippen LogP contribution in [0.25, 0.3) is 11.4 Å². The third-order valence-electron chi connectivity index (χ3n) is 4.73. The molecule has 3 rings (SSSR count). The summed E-state index contributed by atoms with van der Waals surface area (Å²) in [5.41, 5.74) is -0.258. The average molecular weight is 363 g/mol. The fourth-order valence-corrected chi connectivity index (χ4v) is 3.70. The minimum absolute atomic E-state index is 0.121. The zero-order valence-electron chi connectivity index (χ0n) is 14.0. The maximum atomic E-state index is 12.2. The van der Waals surface area contributed by atoms with Crippen LogP contribution in [-0.4, -0.2) is 32.7 Å². The van der Waals surface area contributed by atoms with Crippen molar-refractivity contribution in [2.24, 2.45) is 5.92 Å². The topological polar surface area (TPSA) is 105 Å². The van der Waals surface area contributed by atoms with Crippen molar-refractivity contribution >= 4 is 23.2 Å². The van der Waals surface area contributed by atoms with Crippen LogP contribution in [0.4, 0.5) is 0 Å². The van der Waals surface area contributed by atoms with Crippen LogP contribution in [0.3, 0.4) is 0 Å². The highest BCUT2D eigenvalue weighted by molar-refractivity contribution is 7.08. The van der Waals surface area contributed by atoms with Crippen LogP contribution in [0.5, 0.6) is 0 Å². The van der Waals surface area contributed by atoms with E-state index in [9.17, 15) is 14.7 Å². The molecule has 1 saturated carbocycles. The molecule has 2 N–H and O–H groups in total. The molecule has 1 fully saturated rings. The number of aromatic nitrogens is 2. The Morgan fingerprint density at radius 3 is 2.84 bits per heavy atom. The van der Waals surface area contributed by atoms with Gasteiger partial charge >= 0.3 is 5.97 Å². The van der Waals surface area contributed by atoms with Crippen LogP contribution < -0.4 is 5.32 Å². The molecule has 0 aliphatic heterocycles. The first kappa shape index (κ1) is 17.6. The summed E-state index contributed by atoms with van der Waals surface area (Å²) in [6, 6.07) is 1.90. The van der Waals surface area contributed by atoms with Crippen molar-refractivity contribution in [2.75, 3.05) is 0 Å². The molecule has 2 aromatic heterocycles. The van der Waals surface area contributed by atoms with Crippen molar-refractivity contribution in [3.05, 3.63) is 22.7 Å². The summed E-state index contributed by atoms with van der Waals surface area (Å²) in [7, 11) is 0. The van der Waals surface area contributed by atoms with Gasteiger partial charge < -0.3 is 14.9 Å². The van der Waals surface area contributed by atoms with Gasteiger partial charge in [-0.2, -0.15) is 16.3 Å². The average Bonchev–Trinajstić information content (AvgIpc) is 3.26. The second kappa shape index (κ2) is 7.35. The number of amides is 1. The summed E-state index contributed by atoms with van der Waals surface area (Å²) < 4.78 is 5.16. The highest BCUT2D eigenvalue weighted by Gasteiger charge is 2.42. The number of carbonyl (C=O) groups excluding carboxylic acids is 1. The van der Waals surface area contributed by atoms with Gasteiger partial charge in [0.05, 0.1) is 0 Å². The summed E-state index contributed by atoms with van der Waals surface area (Å²) in [6.07, 6.45) is 2.96. The number of carboxylic acids is 1. The van der Waals surface area contributed by atoms with Crippen LogP contribution in [0.2, 0.25) is 0 Å². The van der Waals surface area contributed by atoms with E-state index in [0.29, 0.717) is 30.5 Å². The maximum Gasteiger partial charge on any atom is 0.329 e. The Morgan fingerprint density at radius 2 is 2.20 bits per heavy atom. The van der Waals surface area contributed by atoms with Crippen molar-refractivity contribution in [2.45, 2.75) is 51.0 Å². The Balaban J connectivity index is 1.56. The number of nitrogens with zero attached hydrogens (tertiary/aromatic N) is 2. The first-order chi connectivity index (χ1) is 12.0. The van der Waals surface area contributed by atoms with Gasteiger partial charge in [0.1, 0.15) is 5.54 Å². The van der Waals surface area contributed by atoms with Crippen LogP contribution >= 0.6 is 11.3 Å². The number of rotatable bonds is 6. The summed E-state index contributed by atoms with van der Waals surface area (Å²) >= 11 is 1.54. The number of aliphatic carboxylic acids is 1. The maximum absolute atomic E-state index is 12.2. The number of hydrogen-bond donors (Lipinski definition) is 2. The molecule has 1 aliphatic rings. The summed E-state index contributed by atoms with van der Waals surface area (Å²) in [4.78, 5) is 28.2. The standard InChI is InChI=1S/C17H21N3O4S/c1-11-4-7-17(8-5-11,16(22)23)19-13(21)2-3-14-18-15(20-24-14)12-6-9-25-10-12/h6,9-11H,2-5,7-8H2,1H3,(H,19,21)(H,22,23). The summed E-state index contributed by atoms with van der Waals surface area (Å²) in [6.45, 7) is 2.11. The van der Waals surface area contributed by atoms with Crippen LogP contribution in [0.15, 0.2) is 21.3 Å². The summed E-state index contributed by atoms with van der Waals surface area (Å²) in [5.74, 6) is 0.119. The normalized spacial score (nSPS) is 23.3. The van der Waals surface area contributed by atoms with Gasteiger partial charge in [-0.3, -0.25) is 4.79 Å². The Bertz CT molecular complexity index is 733. The number of carbonyl (C=O) groups is 2. The number of aryl methyl sites for hydroxylation is 1. The van der Waals surface area contributed by atoms with E-state index < -0.39 is 11.5 Å². The van der Waals surface area contributed by atoms with Crippen LogP contribution in [-0.2, 0) is 16.0 Å². The lowest BCUT2D eigenvalue weighted by atomic mass is 9.77. The van der Waals surface area contributed by atoms with Gasteiger partial charge in [0, 0.05) is 23.8 Å². The molecular weight excluding hydrogens is 342 g/mol. The zero-order chi connectivity index (χ0) is 17.9. The van der Waals surface area contributed by atoms with Crippen LogP contribution in [0.1, 0.15) is 44.9 Å². The number of thiophene rings is 1. The van der Waals surface area contributed by atoms with E-state index in [1.807, 2.05) is 16.8 Å². The molecule has 2 aromatic rings. The van der Waals surface area contributed by atoms with Crippen molar-refractivity contribution in [3.63, 3.8) is 0 Å². The molecule has 0 atom stereocenters. The van der Waals surface area contributed by atoms with E-state index in [1.165, 1.54) is 0 Å². The molecule has 0 spiro atoms. The second-order valence-corrected chi connectivity index (χ2v) is 7.42. The monoisotopic (exact) mass is 363 g/mol. The molecule has 134 valence electrons. The molecule has 7 nitrogen and oxygen atoms in total. The third kappa shape index (κ3) is 4.07. The van der Waals surface area contributed by atoms with Gasteiger partial charge in [0.15, 0.2) is 0 Å². The van der Waals surface area contributed by atoms with Gasteiger partial charge in [-0.25, -0.2) is 4.79 Å². The first-order valence-corrected chi connectivity index (χ1v) is 9.32. The predicted octanol–water partition coefficient (Wildman–Crippen LogP) is 2.88. The smallest absolute Gasteiger partial charge is 0.329 e. The van der Waals surface area contributed by atoms with Crippen molar-refractivity contribution in [1.82, 2.24) is 15.5 Å². The SMILES string of the molecule is CC1CCC(NC(=O)CCc2nc(-c3ccsc3)no2)(C(=O)O)CC1. The zero-order valence-corrected chi connectivity index (χ0v) is 14.8. The lowest BCUT2D eigenvalue weighted by molar-refractivity contribution is -0.149. The van der Waals surface area contributed by atoms with E-state index in [-0.39, 0.29) is 18.7 Å². The van der Waals surface area contributed by atoms with Crippen molar-refractivity contribution < 1.29 is 19.2 Å². The van der Waals surface area contributed by atoms with Gasteiger partial charge in [0.25, 0.3) is 0 Å². The lowest BCUT2D eigenvalue weighted by Gasteiger charge is -2.36. The fraction of sp³-hybridized carbons (Fsp3) is 0.529. The molecule has 25 heavy (non-hydrogen) atoms. The largest absolute Gasteiger partial charge is 0.480 e. The van der Waals surface area contributed by atoms with E-state index in [0.717, 1.165) is 18.4 Å². The Labute approximate surface area is 149 Å². The molecule has 0 aromatic carbocycles. The van der Waals surface area contributed by atoms with Crippen LogP contribution in [0, 0.1) is 5.92 Å². The molecule has 0 unspecified atom stereocenters. The van der Waals surface area contributed by atoms with Gasteiger partial charge in [-0.15, -0.1) is 0 Å².